The first kappa shape index (κ1) is 17.5. The zero-order valence-corrected chi connectivity index (χ0v) is 14.0. The van der Waals surface area contributed by atoms with Crippen LogP contribution in [0.15, 0.2) is 60.5 Å². The van der Waals surface area contributed by atoms with Gasteiger partial charge in [0, 0.05) is 28.8 Å². The molecule has 2 nitrogen and oxygen atoms in total. The molecular weight excluding hydrogens is 256 g/mol. The third-order valence-electron chi connectivity index (χ3n) is 4.69. The van der Waals surface area contributed by atoms with E-state index in [1.54, 1.807) is 0 Å². The van der Waals surface area contributed by atoms with Gasteiger partial charge in [-0.05, 0) is 31.4 Å². The van der Waals surface area contributed by atoms with Crippen molar-refractivity contribution in [1.82, 2.24) is 5.32 Å². The number of hydrogen-bond donors (Lipinski definition) is 2. The van der Waals surface area contributed by atoms with Crippen molar-refractivity contribution in [2.45, 2.75) is 46.6 Å². The van der Waals surface area contributed by atoms with Crippen LogP contribution in [0.1, 0.15) is 40.5 Å². The van der Waals surface area contributed by atoms with Gasteiger partial charge in [0.25, 0.3) is 0 Å². The maximum absolute atomic E-state index is 6.15. The molecule has 0 spiro atoms. The van der Waals surface area contributed by atoms with Crippen molar-refractivity contribution in [3.05, 3.63) is 60.5 Å². The summed E-state index contributed by atoms with van der Waals surface area (Å²) in [5.74, 6) is 0.264. The second-order valence-electron chi connectivity index (χ2n) is 6.16. The van der Waals surface area contributed by atoms with E-state index in [-0.39, 0.29) is 17.4 Å². The fourth-order valence-corrected chi connectivity index (χ4v) is 2.58. The Morgan fingerprint density at radius 2 is 1.90 bits per heavy atom. The monoisotopic (exact) mass is 286 g/mol. The second-order valence-corrected chi connectivity index (χ2v) is 6.16. The molecule has 0 saturated heterocycles. The van der Waals surface area contributed by atoms with Crippen LogP contribution in [0.4, 0.5) is 0 Å². The lowest BCUT2D eigenvalue weighted by Gasteiger charge is -2.40. The molecule has 0 aromatic heterocycles. The molecule has 3 atom stereocenters. The molecular formula is C19H30N2. The first-order valence-electron chi connectivity index (χ1n) is 7.71. The van der Waals surface area contributed by atoms with Crippen LogP contribution in [0.5, 0.6) is 0 Å². The topological polar surface area (TPSA) is 38.0 Å². The quantitative estimate of drug-likeness (QED) is 0.511. The van der Waals surface area contributed by atoms with Gasteiger partial charge in [0.05, 0.1) is 0 Å². The van der Waals surface area contributed by atoms with E-state index in [1.807, 2.05) is 6.08 Å². The molecule has 0 saturated carbocycles. The fraction of sp³-hybridized carbons (Fsp3) is 0.474. The second kappa shape index (κ2) is 6.95. The maximum Gasteiger partial charge on any atom is 0.0326 e. The van der Waals surface area contributed by atoms with Gasteiger partial charge >= 0.3 is 0 Å². The first-order valence-corrected chi connectivity index (χ1v) is 7.71. The number of allylic oxidation sites excluding steroid dienone is 3. The molecule has 0 bridgehead atoms. The average Bonchev–Trinajstić information content (AvgIpc) is 2.43. The van der Waals surface area contributed by atoms with Gasteiger partial charge in [-0.3, -0.25) is 0 Å². The highest BCUT2D eigenvalue weighted by molar-refractivity contribution is 5.40. The van der Waals surface area contributed by atoms with Crippen molar-refractivity contribution in [2.75, 3.05) is 0 Å². The average molecular weight is 286 g/mol. The Morgan fingerprint density at radius 1 is 1.29 bits per heavy atom. The predicted molar refractivity (Wildman–Crippen MR) is 93.6 cm³/mol. The molecule has 0 radical (unpaired) electrons. The fourth-order valence-electron chi connectivity index (χ4n) is 2.58. The zero-order valence-electron chi connectivity index (χ0n) is 14.0. The van der Waals surface area contributed by atoms with E-state index in [2.05, 4.69) is 64.9 Å². The van der Waals surface area contributed by atoms with Crippen LogP contribution in [0.2, 0.25) is 0 Å². The molecule has 21 heavy (non-hydrogen) atoms. The van der Waals surface area contributed by atoms with Gasteiger partial charge < -0.3 is 11.1 Å². The summed E-state index contributed by atoms with van der Waals surface area (Å²) in [6, 6.07) is 0.0867. The van der Waals surface area contributed by atoms with Gasteiger partial charge in [-0.1, -0.05) is 58.2 Å². The highest BCUT2D eigenvalue weighted by Gasteiger charge is 2.36. The Morgan fingerprint density at radius 3 is 2.24 bits per heavy atom. The number of hydrogen-bond acceptors (Lipinski definition) is 2. The molecule has 0 aliphatic heterocycles. The van der Waals surface area contributed by atoms with E-state index in [1.165, 1.54) is 5.57 Å². The van der Waals surface area contributed by atoms with Gasteiger partial charge in [-0.2, -0.15) is 0 Å². The molecule has 0 amide bonds. The lowest BCUT2D eigenvalue weighted by Crippen LogP contribution is -2.39. The highest BCUT2D eigenvalue weighted by atomic mass is 14.9. The minimum atomic E-state index is -0.0643. The molecule has 0 fully saturated rings. The van der Waals surface area contributed by atoms with E-state index in [0.717, 1.165) is 29.8 Å². The third kappa shape index (κ3) is 3.76. The Labute approximate surface area is 130 Å². The molecule has 2 heteroatoms. The Balaban J connectivity index is 3.14. The van der Waals surface area contributed by atoms with E-state index >= 15 is 0 Å². The van der Waals surface area contributed by atoms with Crippen molar-refractivity contribution in [1.29, 1.82) is 0 Å². The van der Waals surface area contributed by atoms with Gasteiger partial charge in [0.15, 0.2) is 0 Å². The summed E-state index contributed by atoms with van der Waals surface area (Å²) in [7, 11) is 0. The van der Waals surface area contributed by atoms with E-state index < -0.39 is 0 Å². The predicted octanol–water partition coefficient (Wildman–Crippen LogP) is 4.45. The van der Waals surface area contributed by atoms with Crippen LogP contribution in [0.3, 0.4) is 0 Å². The van der Waals surface area contributed by atoms with Crippen LogP contribution in [-0.2, 0) is 0 Å². The van der Waals surface area contributed by atoms with Gasteiger partial charge in [0.1, 0.15) is 0 Å². The van der Waals surface area contributed by atoms with Crippen LogP contribution >= 0.6 is 0 Å². The summed E-state index contributed by atoms with van der Waals surface area (Å²) < 4.78 is 0. The summed E-state index contributed by atoms with van der Waals surface area (Å²) >= 11 is 0. The molecule has 0 aromatic carbocycles. The van der Waals surface area contributed by atoms with Gasteiger partial charge in [0.2, 0.25) is 0 Å². The van der Waals surface area contributed by atoms with Gasteiger partial charge in [-0.25, -0.2) is 0 Å². The largest absolute Gasteiger partial charge is 0.360 e. The van der Waals surface area contributed by atoms with E-state index in [4.69, 9.17) is 5.73 Å². The molecule has 0 heterocycles. The van der Waals surface area contributed by atoms with Crippen molar-refractivity contribution in [3.8, 4) is 0 Å². The molecule has 1 aliphatic carbocycles. The van der Waals surface area contributed by atoms with Crippen molar-refractivity contribution in [2.24, 2.45) is 17.1 Å². The maximum atomic E-state index is 6.15. The van der Waals surface area contributed by atoms with E-state index in [9.17, 15) is 0 Å². The third-order valence-corrected chi connectivity index (χ3v) is 4.69. The summed E-state index contributed by atoms with van der Waals surface area (Å²) in [6.45, 7) is 20.9. The Kier molecular flexibility index (Phi) is 5.79. The number of nitrogens with two attached hydrogens (primary N) is 1. The molecule has 0 aromatic rings. The highest BCUT2D eigenvalue weighted by Crippen LogP contribution is 2.45. The van der Waals surface area contributed by atoms with Crippen molar-refractivity contribution >= 4 is 0 Å². The number of nitrogens with one attached hydrogen (secondary N) is 1. The summed E-state index contributed by atoms with van der Waals surface area (Å²) in [6.07, 6.45) is 8.24. The summed E-state index contributed by atoms with van der Waals surface area (Å²) in [5.41, 5.74) is 10.4. The standard InChI is InChI=1S/C19H30N2/c1-8-14(5)21-15(6)12-17(16-10-11-18(16)20)19(7,9-2)13(3)4/h10-12,16,18,21H,3,5-6,8-9,20H2,1-2,4,7H3/b17-12-. The van der Waals surface area contributed by atoms with Crippen molar-refractivity contribution < 1.29 is 0 Å². The molecule has 1 aliphatic rings. The minimum absolute atomic E-state index is 0.0643. The van der Waals surface area contributed by atoms with Crippen LogP contribution in [0, 0.1) is 11.3 Å². The zero-order chi connectivity index (χ0) is 16.2. The van der Waals surface area contributed by atoms with E-state index in [0.29, 0.717) is 0 Å². The molecule has 1 rings (SSSR count). The van der Waals surface area contributed by atoms with Crippen LogP contribution in [0.25, 0.3) is 0 Å². The minimum Gasteiger partial charge on any atom is -0.360 e. The van der Waals surface area contributed by atoms with Crippen molar-refractivity contribution in [3.63, 3.8) is 0 Å². The molecule has 116 valence electrons. The van der Waals surface area contributed by atoms with Crippen LogP contribution < -0.4 is 11.1 Å². The smallest absolute Gasteiger partial charge is 0.0326 e. The SMILES string of the molecule is C=C(/C=C(/C1C=CC1N)C(C)(CC)C(=C)C)NC(=C)CC. The van der Waals surface area contributed by atoms with Gasteiger partial charge in [-0.15, -0.1) is 0 Å². The normalized spacial score (nSPS) is 24.0. The molecule has 3 N–H and O–H groups in total. The summed E-state index contributed by atoms with van der Waals surface area (Å²) in [4.78, 5) is 0. The summed E-state index contributed by atoms with van der Waals surface area (Å²) in [5, 5.41) is 3.25. The Hall–Kier alpha value is -1.54. The lowest BCUT2D eigenvalue weighted by atomic mass is 9.65. The molecule has 3 unspecified atom stereocenters. The Bertz CT molecular complexity index is 496. The van der Waals surface area contributed by atoms with Crippen LogP contribution in [-0.4, -0.2) is 6.04 Å². The lowest BCUT2D eigenvalue weighted by molar-refractivity contribution is 0.397. The number of rotatable bonds is 8. The first-order chi connectivity index (χ1) is 9.76.